The van der Waals surface area contributed by atoms with Gasteiger partial charge in [0.25, 0.3) is 5.56 Å². The molecule has 10 nitrogen and oxygen atoms in total. The van der Waals surface area contributed by atoms with Crippen molar-refractivity contribution in [2.75, 3.05) is 0 Å². The molecule has 0 radical (unpaired) electrons. The molecular weight excluding hydrogens is 376 g/mol. The fourth-order valence-corrected chi connectivity index (χ4v) is 3.36. The van der Waals surface area contributed by atoms with Crippen molar-refractivity contribution in [3.05, 3.63) is 57.1 Å². The summed E-state index contributed by atoms with van der Waals surface area (Å²) in [6, 6.07) is 8.74. The number of rotatable bonds is 4. The highest BCUT2D eigenvalue weighted by atomic mass is 16.5. The minimum Gasteiger partial charge on any atom is -0.345 e. The first-order valence-corrected chi connectivity index (χ1v) is 9.45. The van der Waals surface area contributed by atoms with Crippen molar-refractivity contribution in [2.45, 2.75) is 38.1 Å². The lowest BCUT2D eigenvalue weighted by Gasteiger charge is -2.21. The molecule has 150 valence electrons. The smallest absolute Gasteiger partial charge is 0.345 e. The molecule has 1 aliphatic carbocycles. The highest BCUT2D eigenvalue weighted by Crippen LogP contribution is 2.18. The number of nitrogens with zero attached hydrogens (tertiary/aromatic N) is 5. The summed E-state index contributed by atoms with van der Waals surface area (Å²) >= 11 is 0. The van der Waals surface area contributed by atoms with Gasteiger partial charge < -0.3 is 9.84 Å². The highest BCUT2D eigenvalue weighted by Gasteiger charge is 2.24. The van der Waals surface area contributed by atoms with Crippen molar-refractivity contribution in [2.24, 2.45) is 7.05 Å². The summed E-state index contributed by atoms with van der Waals surface area (Å²) in [5.41, 5.74) is -0.990. The molecule has 0 spiro atoms. The van der Waals surface area contributed by atoms with Crippen LogP contribution in [-0.2, 0) is 7.05 Å². The van der Waals surface area contributed by atoms with E-state index in [4.69, 9.17) is 4.52 Å². The van der Waals surface area contributed by atoms with Crippen molar-refractivity contribution in [1.82, 2.24) is 29.8 Å². The Labute approximate surface area is 165 Å². The molecule has 29 heavy (non-hydrogen) atoms. The van der Waals surface area contributed by atoms with Crippen LogP contribution in [0.25, 0.3) is 17.2 Å². The topological polar surface area (TPSA) is 125 Å². The van der Waals surface area contributed by atoms with Crippen molar-refractivity contribution < 1.29 is 9.32 Å². The quantitative estimate of drug-likeness (QED) is 0.698. The van der Waals surface area contributed by atoms with Crippen molar-refractivity contribution >= 4 is 5.91 Å². The standard InChI is InChI=1S/C19H20N6O4/c1-24-18(27)14(22-25(19(24)28)13-10-6-3-7-11-13)15-21-17(29-23-15)16(26)20-12-8-4-2-5-9-12/h3,6-7,10-12H,2,4-5,8-9H2,1H3,(H,20,26). The number of para-hydroxylation sites is 1. The first kappa shape index (κ1) is 18.8. The number of aromatic nitrogens is 5. The molecular formula is C19H20N6O4. The Kier molecular flexibility index (Phi) is 5.07. The summed E-state index contributed by atoms with van der Waals surface area (Å²) in [7, 11) is 1.34. The first-order valence-electron chi connectivity index (χ1n) is 9.45. The number of carbonyl (C=O) groups is 1. The van der Waals surface area contributed by atoms with E-state index >= 15 is 0 Å². The van der Waals surface area contributed by atoms with Crippen LogP contribution in [0, 0.1) is 0 Å². The molecule has 0 atom stereocenters. The second kappa shape index (κ2) is 7.82. The number of carbonyl (C=O) groups excluding carboxylic acids is 1. The average Bonchev–Trinajstić information content (AvgIpc) is 3.24. The largest absolute Gasteiger partial charge is 0.351 e. The van der Waals surface area contributed by atoms with Gasteiger partial charge in [-0.3, -0.25) is 14.2 Å². The van der Waals surface area contributed by atoms with Gasteiger partial charge in [0.2, 0.25) is 5.82 Å². The molecule has 0 unspecified atom stereocenters. The number of benzene rings is 1. The molecule has 0 saturated heterocycles. The monoisotopic (exact) mass is 396 g/mol. The van der Waals surface area contributed by atoms with Crippen LogP contribution in [-0.4, -0.2) is 36.4 Å². The predicted molar refractivity (Wildman–Crippen MR) is 103 cm³/mol. The summed E-state index contributed by atoms with van der Waals surface area (Å²) in [6.45, 7) is 0. The molecule has 0 bridgehead atoms. The summed E-state index contributed by atoms with van der Waals surface area (Å²) in [4.78, 5) is 41.4. The maximum Gasteiger partial charge on any atom is 0.351 e. The molecule has 4 rings (SSSR count). The average molecular weight is 396 g/mol. The zero-order valence-corrected chi connectivity index (χ0v) is 15.9. The van der Waals surface area contributed by atoms with E-state index in [9.17, 15) is 14.4 Å². The van der Waals surface area contributed by atoms with Gasteiger partial charge in [-0.1, -0.05) is 42.6 Å². The SMILES string of the molecule is Cn1c(=O)c(-c2noc(C(=O)NC3CCCCC3)n2)nn(-c2ccccc2)c1=O. The maximum atomic E-state index is 12.5. The Hall–Kier alpha value is -3.56. The summed E-state index contributed by atoms with van der Waals surface area (Å²) in [6.07, 6.45) is 5.14. The number of hydrogen-bond donors (Lipinski definition) is 1. The number of hydrogen-bond acceptors (Lipinski definition) is 7. The van der Waals surface area contributed by atoms with Crippen LogP contribution < -0.4 is 16.6 Å². The Balaban J connectivity index is 1.67. The van der Waals surface area contributed by atoms with Gasteiger partial charge in [0.05, 0.1) is 5.69 Å². The van der Waals surface area contributed by atoms with Crippen molar-refractivity contribution in [3.8, 4) is 17.2 Å². The second-order valence-corrected chi connectivity index (χ2v) is 6.97. The van der Waals surface area contributed by atoms with Gasteiger partial charge in [0.1, 0.15) is 0 Å². The molecule has 1 aromatic carbocycles. The van der Waals surface area contributed by atoms with E-state index in [-0.39, 0.29) is 23.5 Å². The zero-order valence-electron chi connectivity index (χ0n) is 15.9. The lowest BCUT2D eigenvalue weighted by Crippen LogP contribution is -2.40. The van der Waals surface area contributed by atoms with E-state index in [0.717, 1.165) is 34.9 Å². The third kappa shape index (κ3) is 3.73. The maximum absolute atomic E-state index is 12.5. The molecule has 0 aliphatic heterocycles. The van der Waals surface area contributed by atoms with E-state index in [0.29, 0.717) is 5.69 Å². The summed E-state index contributed by atoms with van der Waals surface area (Å²) in [5, 5.41) is 10.7. The Bertz CT molecular complexity index is 1140. The van der Waals surface area contributed by atoms with Gasteiger partial charge >= 0.3 is 17.5 Å². The number of amides is 1. The minimum absolute atomic E-state index is 0.0811. The molecule has 10 heteroatoms. The molecule has 1 N–H and O–H groups in total. The molecule has 1 aliphatic rings. The van der Waals surface area contributed by atoms with Crippen LogP contribution in [0.2, 0.25) is 0 Å². The van der Waals surface area contributed by atoms with Crippen LogP contribution in [0.15, 0.2) is 44.4 Å². The van der Waals surface area contributed by atoms with E-state index in [1.807, 2.05) is 0 Å². The third-order valence-electron chi connectivity index (χ3n) is 4.95. The van der Waals surface area contributed by atoms with Gasteiger partial charge in [-0.2, -0.15) is 14.8 Å². The second-order valence-electron chi connectivity index (χ2n) is 6.97. The highest BCUT2D eigenvalue weighted by molar-refractivity contribution is 5.90. The first-order chi connectivity index (χ1) is 14.0. The van der Waals surface area contributed by atoms with E-state index < -0.39 is 17.2 Å². The van der Waals surface area contributed by atoms with E-state index in [1.165, 1.54) is 13.5 Å². The van der Waals surface area contributed by atoms with Crippen molar-refractivity contribution in [3.63, 3.8) is 0 Å². The van der Waals surface area contributed by atoms with Crippen LogP contribution in [0.5, 0.6) is 0 Å². The van der Waals surface area contributed by atoms with Crippen LogP contribution in [0.4, 0.5) is 0 Å². The molecule has 2 heterocycles. The fourth-order valence-electron chi connectivity index (χ4n) is 3.36. The minimum atomic E-state index is -0.679. The lowest BCUT2D eigenvalue weighted by molar-refractivity contribution is 0.0883. The lowest BCUT2D eigenvalue weighted by atomic mass is 9.95. The zero-order chi connectivity index (χ0) is 20.4. The van der Waals surface area contributed by atoms with Crippen LogP contribution in [0.3, 0.4) is 0 Å². The van der Waals surface area contributed by atoms with Gasteiger partial charge in [0.15, 0.2) is 5.69 Å². The molecule has 1 fully saturated rings. The van der Waals surface area contributed by atoms with E-state index in [1.54, 1.807) is 30.3 Å². The predicted octanol–water partition coefficient (Wildman–Crippen LogP) is 1.04. The van der Waals surface area contributed by atoms with E-state index in [2.05, 4.69) is 20.6 Å². The van der Waals surface area contributed by atoms with Crippen LogP contribution in [0.1, 0.15) is 42.8 Å². The fraction of sp³-hybridized carbons (Fsp3) is 0.368. The van der Waals surface area contributed by atoms with Gasteiger partial charge in [-0.25, -0.2) is 4.79 Å². The summed E-state index contributed by atoms with van der Waals surface area (Å²) in [5.74, 6) is -0.875. The molecule has 1 amide bonds. The Morgan fingerprint density at radius 2 is 1.86 bits per heavy atom. The normalized spacial score (nSPS) is 14.7. The van der Waals surface area contributed by atoms with Crippen LogP contribution >= 0.6 is 0 Å². The Morgan fingerprint density at radius 1 is 1.14 bits per heavy atom. The molecule has 1 saturated carbocycles. The molecule has 3 aromatic rings. The number of nitrogens with one attached hydrogen (secondary N) is 1. The Morgan fingerprint density at radius 3 is 2.59 bits per heavy atom. The molecule has 2 aromatic heterocycles. The van der Waals surface area contributed by atoms with Gasteiger partial charge in [-0.05, 0) is 25.0 Å². The van der Waals surface area contributed by atoms with Gasteiger partial charge in [-0.15, -0.1) is 0 Å². The van der Waals surface area contributed by atoms with Crippen molar-refractivity contribution in [1.29, 1.82) is 0 Å². The van der Waals surface area contributed by atoms with Gasteiger partial charge in [0, 0.05) is 13.1 Å². The summed E-state index contributed by atoms with van der Waals surface area (Å²) < 4.78 is 7.03. The third-order valence-corrected chi connectivity index (χ3v) is 4.95.